The van der Waals surface area contributed by atoms with Crippen molar-refractivity contribution in [3.8, 4) is 0 Å². The van der Waals surface area contributed by atoms with E-state index in [4.69, 9.17) is 0 Å². The smallest absolute Gasteiger partial charge is 0.253 e. The molecule has 2 saturated heterocycles. The van der Waals surface area contributed by atoms with Gasteiger partial charge in [-0.2, -0.15) is 0 Å². The topological polar surface area (TPSA) is 85.2 Å². The van der Waals surface area contributed by atoms with Gasteiger partial charge in [0.1, 0.15) is 5.82 Å². The summed E-state index contributed by atoms with van der Waals surface area (Å²) in [5.41, 5.74) is 0.445. The van der Waals surface area contributed by atoms with Crippen LogP contribution in [0.3, 0.4) is 0 Å². The van der Waals surface area contributed by atoms with E-state index in [1.54, 1.807) is 11.8 Å². The van der Waals surface area contributed by atoms with Gasteiger partial charge in [0.2, 0.25) is 5.91 Å². The van der Waals surface area contributed by atoms with Crippen LogP contribution in [-0.4, -0.2) is 73.4 Å². The number of hydrogen-bond acceptors (Lipinski definition) is 4. The van der Waals surface area contributed by atoms with Crippen LogP contribution in [0.5, 0.6) is 0 Å². The number of rotatable bonds is 6. The summed E-state index contributed by atoms with van der Waals surface area (Å²) in [6.45, 7) is 6.89. The summed E-state index contributed by atoms with van der Waals surface area (Å²) in [6, 6.07) is 5.53. The molecule has 2 aliphatic rings. The molecule has 0 spiro atoms. The number of carboxylic acids is 1. The van der Waals surface area contributed by atoms with Gasteiger partial charge in [-0.1, -0.05) is 0 Å². The molecule has 0 bridgehead atoms. The van der Waals surface area contributed by atoms with E-state index in [-0.39, 0.29) is 35.9 Å². The van der Waals surface area contributed by atoms with Crippen molar-refractivity contribution in [1.29, 1.82) is 0 Å². The van der Waals surface area contributed by atoms with Crippen molar-refractivity contribution in [1.82, 2.24) is 9.80 Å². The van der Waals surface area contributed by atoms with Crippen LogP contribution in [0, 0.1) is 17.7 Å². The molecule has 0 saturated carbocycles. The number of aliphatic carboxylic acids is 1. The number of piperidine rings is 1. The Morgan fingerprint density at radius 2 is 1.81 bits per heavy atom. The van der Waals surface area contributed by atoms with Gasteiger partial charge in [-0.25, -0.2) is 4.39 Å². The Labute approximate surface area is 182 Å². The average Bonchev–Trinajstić information content (AvgIpc) is 2.98. The lowest BCUT2D eigenvalue weighted by atomic mass is 9.81. The minimum absolute atomic E-state index is 0.0106. The molecule has 0 aromatic heterocycles. The van der Waals surface area contributed by atoms with Gasteiger partial charge in [0.25, 0.3) is 5.91 Å². The first kappa shape index (κ1) is 23.2. The highest BCUT2D eigenvalue weighted by molar-refractivity contribution is 5.94. The van der Waals surface area contributed by atoms with Crippen LogP contribution in [-0.2, 0) is 9.59 Å². The van der Waals surface area contributed by atoms with Gasteiger partial charge in [-0.05, 0) is 48.9 Å². The maximum Gasteiger partial charge on any atom is 0.253 e. The zero-order valence-electron chi connectivity index (χ0n) is 18.1. The number of carbonyl (C=O) groups is 3. The van der Waals surface area contributed by atoms with E-state index in [2.05, 4.69) is 0 Å². The third-order valence-electron chi connectivity index (χ3n) is 6.71. The number of quaternary nitrogens is 1. The first-order valence-electron chi connectivity index (χ1n) is 11.2. The third kappa shape index (κ3) is 6.50. The quantitative estimate of drug-likeness (QED) is 0.660. The van der Waals surface area contributed by atoms with Crippen molar-refractivity contribution in [3.63, 3.8) is 0 Å². The molecule has 2 fully saturated rings. The van der Waals surface area contributed by atoms with E-state index in [1.807, 2.05) is 4.90 Å². The van der Waals surface area contributed by atoms with E-state index in [1.165, 1.54) is 29.2 Å². The Bertz CT molecular complexity index is 786. The van der Waals surface area contributed by atoms with Crippen LogP contribution in [0.2, 0.25) is 0 Å². The second kappa shape index (κ2) is 10.7. The Kier molecular flexibility index (Phi) is 8.01. The predicted molar refractivity (Wildman–Crippen MR) is 111 cm³/mol. The maximum atomic E-state index is 13.2. The van der Waals surface area contributed by atoms with Gasteiger partial charge < -0.3 is 24.6 Å². The molecule has 2 amide bonds. The van der Waals surface area contributed by atoms with Crippen molar-refractivity contribution in [2.45, 2.75) is 32.6 Å². The summed E-state index contributed by atoms with van der Waals surface area (Å²) in [7, 11) is 0. The molecular formula is C23H32FN3O4. The highest BCUT2D eigenvalue weighted by atomic mass is 19.1. The standard InChI is InChI=1S/C23H32FN3O4/c1-17(28)26-10-2-9-25(13-14-26)11-7-20-16-27(12-8-19(20)15-22(29)30)23(31)18-3-5-21(24)6-4-18/h3-6,19-20H,2,7-16H2,1H3,(H,29,30)/t19-,20-/m0/s1. The number of likely N-dealkylation sites (tertiary alicyclic amines) is 1. The number of carboxylic acid groups (broad SMARTS) is 1. The highest BCUT2D eigenvalue weighted by Gasteiger charge is 2.33. The van der Waals surface area contributed by atoms with Gasteiger partial charge in [0.15, 0.2) is 0 Å². The molecule has 3 atom stereocenters. The van der Waals surface area contributed by atoms with Gasteiger partial charge in [-0.3, -0.25) is 9.59 Å². The molecule has 2 heterocycles. The lowest BCUT2D eigenvalue weighted by molar-refractivity contribution is -0.898. The van der Waals surface area contributed by atoms with Crippen molar-refractivity contribution in [3.05, 3.63) is 35.6 Å². The number of halogens is 1. The van der Waals surface area contributed by atoms with Gasteiger partial charge in [0.05, 0.1) is 26.2 Å². The lowest BCUT2D eigenvalue weighted by Crippen LogP contribution is -3.12. The van der Waals surface area contributed by atoms with E-state index < -0.39 is 5.97 Å². The largest absolute Gasteiger partial charge is 0.550 e. The van der Waals surface area contributed by atoms with Crippen LogP contribution in [0.25, 0.3) is 0 Å². The van der Waals surface area contributed by atoms with Gasteiger partial charge in [0, 0.05) is 50.9 Å². The molecule has 1 unspecified atom stereocenters. The second-order valence-electron chi connectivity index (χ2n) is 8.79. The number of benzene rings is 1. The normalized spacial score (nSPS) is 24.5. The van der Waals surface area contributed by atoms with Crippen molar-refractivity contribution < 1.29 is 28.8 Å². The number of amides is 2. The van der Waals surface area contributed by atoms with Crippen LogP contribution < -0.4 is 10.0 Å². The molecule has 31 heavy (non-hydrogen) atoms. The Balaban J connectivity index is 1.61. The summed E-state index contributed by atoms with van der Waals surface area (Å²) in [5.74, 6) is -1.40. The van der Waals surface area contributed by atoms with Gasteiger partial charge >= 0.3 is 0 Å². The summed E-state index contributed by atoms with van der Waals surface area (Å²) in [6.07, 6.45) is 2.41. The molecule has 1 N–H and O–H groups in total. The maximum absolute atomic E-state index is 13.2. The van der Waals surface area contributed by atoms with E-state index in [9.17, 15) is 23.9 Å². The number of nitrogens with zero attached hydrogens (tertiary/aromatic N) is 2. The van der Waals surface area contributed by atoms with E-state index in [0.717, 1.165) is 45.6 Å². The molecule has 0 radical (unpaired) electrons. The molecule has 1 aromatic carbocycles. The Morgan fingerprint density at radius 1 is 1.06 bits per heavy atom. The zero-order valence-corrected chi connectivity index (χ0v) is 18.1. The lowest BCUT2D eigenvalue weighted by Gasteiger charge is -2.39. The molecule has 2 aliphatic heterocycles. The Hall–Kier alpha value is -2.48. The van der Waals surface area contributed by atoms with Crippen molar-refractivity contribution >= 4 is 17.8 Å². The summed E-state index contributed by atoms with van der Waals surface area (Å²) in [4.78, 5) is 40.8. The monoisotopic (exact) mass is 433 g/mol. The molecular weight excluding hydrogens is 401 g/mol. The molecule has 170 valence electrons. The minimum Gasteiger partial charge on any atom is -0.550 e. The molecule has 0 aliphatic carbocycles. The predicted octanol–water partition coefficient (Wildman–Crippen LogP) is -0.429. The van der Waals surface area contributed by atoms with Crippen molar-refractivity contribution in [2.75, 3.05) is 45.8 Å². The first-order chi connectivity index (χ1) is 14.8. The number of nitrogens with one attached hydrogen (secondary N) is 1. The van der Waals surface area contributed by atoms with Gasteiger partial charge in [-0.15, -0.1) is 0 Å². The molecule has 8 heteroatoms. The first-order valence-corrected chi connectivity index (χ1v) is 11.2. The second-order valence-corrected chi connectivity index (χ2v) is 8.79. The Morgan fingerprint density at radius 3 is 2.48 bits per heavy atom. The molecule has 7 nitrogen and oxygen atoms in total. The fourth-order valence-electron chi connectivity index (χ4n) is 4.85. The highest BCUT2D eigenvalue weighted by Crippen LogP contribution is 2.29. The fourth-order valence-corrected chi connectivity index (χ4v) is 4.85. The van der Waals surface area contributed by atoms with E-state index in [0.29, 0.717) is 25.1 Å². The van der Waals surface area contributed by atoms with E-state index >= 15 is 0 Å². The molecule has 1 aromatic rings. The van der Waals surface area contributed by atoms with Crippen LogP contribution >= 0.6 is 0 Å². The SMILES string of the molecule is CC(=O)N1CCC[NH+](CC[C@H]2CN(C(=O)c3ccc(F)cc3)CC[C@H]2CC(=O)[O-])CC1. The zero-order chi connectivity index (χ0) is 22.4. The summed E-state index contributed by atoms with van der Waals surface area (Å²) in [5, 5.41) is 11.3. The van der Waals surface area contributed by atoms with Crippen LogP contribution in [0.1, 0.15) is 43.0 Å². The fraction of sp³-hybridized carbons (Fsp3) is 0.609. The van der Waals surface area contributed by atoms with Crippen molar-refractivity contribution in [2.24, 2.45) is 11.8 Å². The summed E-state index contributed by atoms with van der Waals surface area (Å²) >= 11 is 0. The van der Waals surface area contributed by atoms with Crippen LogP contribution in [0.4, 0.5) is 4.39 Å². The van der Waals surface area contributed by atoms with Crippen LogP contribution in [0.15, 0.2) is 24.3 Å². The number of carbonyl (C=O) groups excluding carboxylic acids is 3. The summed E-state index contributed by atoms with van der Waals surface area (Å²) < 4.78 is 13.2. The third-order valence-corrected chi connectivity index (χ3v) is 6.71. The number of hydrogen-bond donors (Lipinski definition) is 1. The minimum atomic E-state index is -1.05. The average molecular weight is 434 g/mol. The molecule has 3 rings (SSSR count).